The predicted octanol–water partition coefficient (Wildman–Crippen LogP) is 3.27. The molecule has 0 radical (unpaired) electrons. The van der Waals surface area contributed by atoms with Crippen LogP contribution >= 0.6 is 0 Å². The average Bonchev–Trinajstić information content (AvgIpc) is 2.56. The topological polar surface area (TPSA) is 15.3 Å². The molecule has 1 N–H and O–H groups in total. The fourth-order valence-electron chi connectivity index (χ4n) is 4.27. The highest BCUT2D eigenvalue weighted by Crippen LogP contribution is 2.41. The lowest BCUT2D eigenvalue weighted by Gasteiger charge is -2.44. The molecule has 0 amide bonds. The molecule has 2 heteroatoms. The molecule has 0 bridgehead atoms. The lowest BCUT2D eigenvalue weighted by Crippen LogP contribution is -2.56. The summed E-state index contributed by atoms with van der Waals surface area (Å²) in [6.45, 7) is 14.4. The predicted molar refractivity (Wildman–Crippen MR) is 78.8 cm³/mol. The number of rotatable bonds is 3. The molecule has 2 aliphatic rings. The number of piperidine rings is 1. The van der Waals surface area contributed by atoms with Gasteiger partial charge < -0.3 is 5.32 Å². The van der Waals surface area contributed by atoms with E-state index >= 15 is 0 Å². The summed E-state index contributed by atoms with van der Waals surface area (Å²) in [5.41, 5.74) is 0.462. The second-order valence-electron chi connectivity index (χ2n) is 7.35. The molecule has 2 fully saturated rings. The summed E-state index contributed by atoms with van der Waals surface area (Å²) >= 11 is 0. The van der Waals surface area contributed by atoms with Crippen molar-refractivity contribution in [2.45, 2.75) is 78.4 Å². The van der Waals surface area contributed by atoms with Gasteiger partial charge in [0.25, 0.3) is 0 Å². The first-order chi connectivity index (χ1) is 8.45. The van der Waals surface area contributed by atoms with Crippen LogP contribution in [0.4, 0.5) is 0 Å². The van der Waals surface area contributed by atoms with Crippen molar-refractivity contribution >= 4 is 0 Å². The first-order valence-corrected chi connectivity index (χ1v) is 7.95. The maximum Gasteiger partial charge on any atom is 0.0274 e. The Morgan fingerprint density at radius 2 is 1.94 bits per heavy atom. The summed E-state index contributed by atoms with van der Waals surface area (Å²) in [4.78, 5) is 2.81. The molecule has 2 nitrogen and oxygen atoms in total. The molecule has 0 aromatic rings. The molecule has 0 spiro atoms. The minimum absolute atomic E-state index is 0.462. The van der Waals surface area contributed by atoms with E-state index in [4.69, 9.17) is 0 Å². The number of likely N-dealkylation sites (N-methyl/N-ethyl adjacent to an activating group) is 1. The SMILES string of the molecule is CCNC1C(N2CCC(C)CC2C)CCC1(C)C. The lowest BCUT2D eigenvalue weighted by molar-refractivity contribution is 0.0606. The van der Waals surface area contributed by atoms with Gasteiger partial charge in [0, 0.05) is 18.1 Å². The van der Waals surface area contributed by atoms with Crippen LogP contribution in [0.5, 0.6) is 0 Å². The van der Waals surface area contributed by atoms with E-state index in [9.17, 15) is 0 Å². The molecule has 18 heavy (non-hydrogen) atoms. The highest BCUT2D eigenvalue weighted by molar-refractivity contribution is 5.02. The Labute approximate surface area is 114 Å². The molecule has 2 rings (SSSR count). The van der Waals surface area contributed by atoms with Gasteiger partial charge in [-0.2, -0.15) is 0 Å². The van der Waals surface area contributed by atoms with Gasteiger partial charge in [-0.05, 0) is 57.0 Å². The van der Waals surface area contributed by atoms with E-state index < -0.39 is 0 Å². The van der Waals surface area contributed by atoms with Gasteiger partial charge in [-0.15, -0.1) is 0 Å². The van der Waals surface area contributed by atoms with Crippen molar-refractivity contribution in [2.75, 3.05) is 13.1 Å². The molecule has 1 aliphatic carbocycles. The summed E-state index contributed by atoms with van der Waals surface area (Å²) in [5.74, 6) is 0.920. The molecule has 106 valence electrons. The third-order valence-electron chi connectivity index (χ3n) is 5.35. The molecular formula is C16H32N2. The van der Waals surface area contributed by atoms with Crippen molar-refractivity contribution < 1.29 is 0 Å². The summed E-state index contributed by atoms with van der Waals surface area (Å²) in [7, 11) is 0. The Morgan fingerprint density at radius 3 is 2.56 bits per heavy atom. The van der Waals surface area contributed by atoms with E-state index in [-0.39, 0.29) is 0 Å². The maximum absolute atomic E-state index is 3.77. The van der Waals surface area contributed by atoms with E-state index in [0.29, 0.717) is 11.5 Å². The van der Waals surface area contributed by atoms with Crippen LogP contribution in [0.15, 0.2) is 0 Å². The molecule has 1 saturated carbocycles. The van der Waals surface area contributed by atoms with Crippen LogP contribution in [0, 0.1) is 11.3 Å². The molecule has 1 heterocycles. The Bertz CT molecular complexity index is 274. The number of likely N-dealkylation sites (tertiary alicyclic amines) is 1. The zero-order chi connectivity index (χ0) is 13.3. The molecule has 1 saturated heterocycles. The van der Waals surface area contributed by atoms with Gasteiger partial charge >= 0.3 is 0 Å². The van der Waals surface area contributed by atoms with Gasteiger partial charge in [-0.25, -0.2) is 0 Å². The molecule has 1 aliphatic heterocycles. The maximum atomic E-state index is 3.77. The number of nitrogens with one attached hydrogen (secondary N) is 1. The van der Waals surface area contributed by atoms with Crippen molar-refractivity contribution in [1.82, 2.24) is 10.2 Å². The molecular weight excluding hydrogens is 220 g/mol. The van der Waals surface area contributed by atoms with Crippen LogP contribution in [0.25, 0.3) is 0 Å². The van der Waals surface area contributed by atoms with Crippen LogP contribution in [0.1, 0.15) is 60.3 Å². The Kier molecular flexibility index (Phi) is 4.38. The Morgan fingerprint density at radius 1 is 1.22 bits per heavy atom. The fourth-order valence-corrected chi connectivity index (χ4v) is 4.27. The third-order valence-corrected chi connectivity index (χ3v) is 5.35. The molecule has 4 atom stereocenters. The van der Waals surface area contributed by atoms with Gasteiger partial charge in [0.1, 0.15) is 0 Å². The number of nitrogens with zero attached hydrogens (tertiary/aromatic N) is 1. The van der Waals surface area contributed by atoms with E-state index in [0.717, 1.165) is 24.5 Å². The Balaban J connectivity index is 2.07. The fraction of sp³-hybridized carbons (Fsp3) is 1.00. The average molecular weight is 252 g/mol. The normalized spacial score (nSPS) is 41.2. The van der Waals surface area contributed by atoms with Gasteiger partial charge in [0.05, 0.1) is 0 Å². The highest BCUT2D eigenvalue weighted by atomic mass is 15.2. The van der Waals surface area contributed by atoms with Crippen molar-refractivity contribution in [1.29, 1.82) is 0 Å². The lowest BCUT2D eigenvalue weighted by atomic mass is 9.85. The number of hydrogen-bond donors (Lipinski definition) is 1. The van der Waals surface area contributed by atoms with E-state index in [1.807, 2.05) is 0 Å². The highest BCUT2D eigenvalue weighted by Gasteiger charge is 2.45. The summed E-state index contributed by atoms with van der Waals surface area (Å²) < 4.78 is 0. The van der Waals surface area contributed by atoms with Crippen molar-refractivity contribution in [3.63, 3.8) is 0 Å². The van der Waals surface area contributed by atoms with E-state index in [1.165, 1.54) is 32.2 Å². The third kappa shape index (κ3) is 2.75. The largest absolute Gasteiger partial charge is 0.312 e. The standard InChI is InChI=1S/C16H32N2/c1-6-17-15-14(7-9-16(15,4)5)18-10-8-12(2)11-13(18)3/h12-15,17H,6-11H2,1-5H3. The van der Waals surface area contributed by atoms with Gasteiger partial charge in [-0.3, -0.25) is 4.90 Å². The Hall–Kier alpha value is -0.0800. The van der Waals surface area contributed by atoms with Crippen molar-refractivity contribution in [3.8, 4) is 0 Å². The molecule has 4 unspecified atom stereocenters. The quantitative estimate of drug-likeness (QED) is 0.829. The monoisotopic (exact) mass is 252 g/mol. The van der Waals surface area contributed by atoms with Crippen LogP contribution in [-0.4, -0.2) is 36.1 Å². The van der Waals surface area contributed by atoms with Gasteiger partial charge in [-0.1, -0.05) is 27.7 Å². The summed E-state index contributed by atoms with van der Waals surface area (Å²) in [5, 5.41) is 3.77. The van der Waals surface area contributed by atoms with Crippen LogP contribution in [0.3, 0.4) is 0 Å². The summed E-state index contributed by atoms with van der Waals surface area (Å²) in [6, 6.07) is 2.22. The minimum atomic E-state index is 0.462. The van der Waals surface area contributed by atoms with E-state index in [1.54, 1.807) is 0 Å². The first-order valence-electron chi connectivity index (χ1n) is 7.95. The van der Waals surface area contributed by atoms with Gasteiger partial charge in [0.2, 0.25) is 0 Å². The first kappa shape index (κ1) is 14.3. The van der Waals surface area contributed by atoms with Crippen LogP contribution < -0.4 is 5.32 Å². The van der Waals surface area contributed by atoms with Crippen molar-refractivity contribution in [2.24, 2.45) is 11.3 Å². The van der Waals surface area contributed by atoms with E-state index in [2.05, 4.69) is 44.8 Å². The smallest absolute Gasteiger partial charge is 0.0274 e. The summed E-state index contributed by atoms with van der Waals surface area (Å²) in [6.07, 6.45) is 5.52. The van der Waals surface area contributed by atoms with Crippen molar-refractivity contribution in [3.05, 3.63) is 0 Å². The molecule has 0 aromatic heterocycles. The second kappa shape index (κ2) is 5.50. The van der Waals surface area contributed by atoms with Crippen LogP contribution in [-0.2, 0) is 0 Å². The molecule has 0 aromatic carbocycles. The zero-order valence-electron chi connectivity index (χ0n) is 13.0. The van der Waals surface area contributed by atoms with Crippen LogP contribution in [0.2, 0.25) is 0 Å². The number of hydrogen-bond acceptors (Lipinski definition) is 2. The second-order valence-corrected chi connectivity index (χ2v) is 7.35. The minimum Gasteiger partial charge on any atom is -0.312 e. The zero-order valence-corrected chi connectivity index (χ0v) is 13.0. The van der Waals surface area contributed by atoms with Gasteiger partial charge in [0.15, 0.2) is 0 Å².